The van der Waals surface area contributed by atoms with Gasteiger partial charge in [-0.3, -0.25) is 4.90 Å². The number of likely N-dealkylation sites (N-methyl/N-ethyl adjacent to an activating group) is 1. The summed E-state index contributed by atoms with van der Waals surface area (Å²) in [4.78, 5) is 2.29. The van der Waals surface area contributed by atoms with E-state index in [-0.39, 0.29) is 0 Å². The molecule has 0 bridgehead atoms. The lowest BCUT2D eigenvalue weighted by Gasteiger charge is -2.15. The Balaban J connectivity index is 1.50. The fraction of sp³-hybridized carbons (Fsp3) is 0.167. The van der Waals surface area contributed by atoms with Gasteiger partial charge in [-0.2, -0.15) is 0 Å². The van der Waals surface area contributed by atoms with Crippen molar-refractivity contribution in [2.45, 2.75) is 13.2 Å². The summed E-state index contributed by atoms with van der Waals surface area (Å²) in [6, 6.07) is 29.0. The minimum atomic E-state index is 0.597. The van der Waals surface area contributed by atoms with E-state index >= 15 is 0 Å². The number of benzene rings is 3. The summed E-state index contributed by atoms with van der Waals surface area (Å²) >= 11 is 0. The number of nitrogens with zero attached hydrogens (tertiary/aromatic N) is 1. The van der Waals surface area contributed by atoms with E-state index < -0.39 is 0 Å². The van der Waals surface area contributed by atoms with Crippen LogP contribution in [0.1, 0.15) is 16.7 Å². The molecule has 0 unspecified atom stereocenters. The smallest absolute Gasteiger partial charge is 0.120 e. The van der Waals surface area contributed by atoms with E-state index in [1.807, 2.05) is 30.3 Å². The van der Waals surface area contributed by atoms with Crippen LogP contribution in [0.15, 0.2) is 91.0 Å². The second-order valence-corrected chi connectivity index (χ2v) is 6.43. The Morgan fingerprint density at radius 1 is 0.808 bits per heavy atom. The monoisotopic (exact) mass is 343 g/mol. The van der Waals surface area contributed by atoms with Crippen molar-refractivity contribution in [3.05, 3.63) is 108 Å². The molecule has 3 aromatic rings. The summed E-state index contributed by atoms with van der Waals surface area (Å²) < 4.78 is 5.92. The lowest BCUT2D eigenvalue weighted by Crippen LogP contribution is -2.17. The fourth-order valence-corrected chi connectivity index (χ4v) is 2.78. The molecule has 132 valence electrons. The van der Waals surface area contributed by atoms with Crippen LogP contribution in [0.25, 0.3) is 6.08 Å². The van der Waals surface area contributed by atoms with Crippen LogP contribution in [-0.2, 0) is 13.2 Å². The third kappa shape index (κ3) is 5.91. The van der Waals surface area contributed by atoms with Crippen molar-refractivity contribution in [3.63, 3.8) is 0 Å². The molecule has 0 aliphatic heterocycles. The van der Waals surface area contributed by atoms with Crippen molar-refractivity contribution >= 4 is 6.08 Å². The van der Waals surface area contributed by atoms with Gasteiger partial charge in [-0.15, -0.1) is 0 Å². The maximum Gasteiger partial charge on any atom is 0.120 e. The van der Waals surface area contributed by atoms with Gasteiger partial charge in [-0.05, 0) is 35.9 Å². The van der Waals surface area contributed by atoms with Crippen LogP contribution in [0.2, 0.25) is 0 Å². The second kappa shape index (κ2) is 9.59. The van der Waals surface area contributed by atoms with Gasteiger partial charge in [0.15, 0.2) is 0 Å². The first kappa shape index (κ1) is 18.0. The maximum absolute atomic E-state index is 5.92. The van der Waals surface area contributed by atoms with Crippen LogP contribution in [-0.4, -0.2) is 18.5 Å². The summed E-state index contributed by atoms with van der Waals surface area (Å²) in [5.74, 6) is 0.916. The van der Waals surface area contributed by atoms with Gasteiger partial charge < -0.3 is 4.74 Å². The number of hydrogen-bond acceptors (Lipinski definition) is 2. The van der Waals surface area contributed by atoms with Gasteiger partial charge in [0.05, 0.1) is 0 Å². The molecule has 0 N–H and O–H groups in total. The predicted molar refractivity (Wildman–Crippen MR) is 109 cm³/mol. The number of ether oxygens (including phenoxy) is 1. The van der Waals surface area contributed by atoms with Crippen molar-refractivity contribution in [1.82, 2.24) is 4.90 Å². The first-order valence-electron chi connectivity index (χ1n) is 8.95. The van der Waals surface area contributed by atoms with Gasteiger partial charge in [-0.25, -0.2) is 0 Å². The Morgan fingerprint density at radius 3 is 2.27 bits per heavy atom. The van der Waals surface area contributed by atoms with E-state index in [4.69, 9.17) is 4.74 Å². The first-order valence-corrected chi connectivity index (χ1v) is 8.95. The highest BCUT2D eigenvalue weighted by Gasteiger charge is 2.01. The van der Waals surface area contributed by atoms with E-state index in [1.54, 1.807) is 0 Å². The zero-order chi connectivity index (χ0) is 18.0. The molecular formula is C24H25NO. The minimum absolute atomic E-state index is 0.597. The molecule has 0 amide bonds. The van der Waals surface area contributed by atoms with E-state index in [2.05, 4.69) is 78.7 Å². The Kier molecular flexibility index (Phi) is 6.63. The summed E-state index contributed by atoms with van der Waals surface area (Å²) in [5, 5.41) is 0. The standard InChI is InChI=1S/C24H25NO/c1-25(17-9-15-21-10-4-2-5-11-21)19-23-14-8-16-24(18-23)26-20-22-12-6-3-7-13-22/h2-16,18H,17,19-20H2,1H3/b15-9+. The highest BCUT2D eigenvalue weighted by molar-refractivity contribution is 5.48. The van der Waals surface area contributed by atoms with Crippen LogP contribution in [0.4, 0.5) is 0 Å². The first-order chi connectivity index (χ1) is 12.8. The van der Waals surface area contributed by atoms with Crippen LogP contribution < -0.4 is 4.74 Å². The van der Waals surface area contributed by atoms with Crippen molar-refractivity contribution in [1.29, 1.82) is 0 Å². The average Bonchev–Trinajstić information content (AvgIpc) is 2.68. The molecule has 0 saturated heterocycles. The normalized spacial score (nSPS) is 11.2. The van der Waals surface area contributed by atoms with E-state index in [1.165, 1.54) is 16.7 Å². The average molecular weight is 343 g/mol. The summed E-state index contributed by atoms with van der Waals surface area (Å²) in [6.45, 7) is 2.39. The number of hydrogen-bond donors (Lipinski definition) is 0. The molecule has 2 nitrogen and oxygen atoms in total. The van der Waals surface area contributed by atoms with Gasteiger partial charge in [-0.1, -0.05) is 84.9 Å². The SMILES string of the molecule is CN(C/C=C/c1ccccc1)Cc1cccc(OCc2ccccc2)c1. The molecule has 2 heteroatoms. The van der Waals surface area contributed by atoms with Gasteiger partial charge in [0.2, 0.25) is 0 Å². The van der Waals surface area contributed by atoms with E-state index in [0.717, 1.165) is 18.8 Å². The molecule has 3 aromatic carbocycles. The molecule has 0 saturated carbocycles. The van der Waals surface area contributed by atoms with Crippen molar-refractivity contribution in [2.24, 2.45) is 0 Å². The Bertz CT molecular complexity index is 812. The molecule has 0 aliphatic carbocycles. The molecule has 0 atom stereocenters. The molecule has 0 aliphatic rings. The summed E-state index contributed by atoms with van der Waals surface area (Å²) in [6.07, 6.45) is 4.36. The highest BCUT2D eigenvalue weighted by atomic mass is 16.5. The highest BCUT2D eigenvalue weighted by Crippen LogP contribution is 2.16. The molecule has 0 radical (unpaired) electrons. The third-order valence-corrected chi connectivity index (χ3v) is 4.13. The maximum atomic E-state index is 5.92. The van der Waals surface area contributed by atoms with Crippen molar-refractivity contribution in [2.75, 3.05) is 13.6 Å². The minimum Gasteiger partial charge on any atom is -0.489 e. The zero-order valence-electron chi connectivity index (χ0n) is 15.2. The predicted octanol–water partition coefficient (Wildman–Crippen LogP) is 5.41. The molecule has 0 fully saturated rings. The zero-order valence-corrected chi connectivity index (χ0v) is 15.2. The van der Waals surface area contributed by atoms with Crippen molar-refractivity contribution in [3.8, 4) is 5.75 Å². The van der Waals surface area contributed by atoms with Crippen LogP contribution in [0.3, 0.4) is 0 Å². The lowest BCUT2D eigenvalue weighted by molar-refractivity contribution is 0.304. The molecule has 0 heterocycles. The molecule has 26 heavy (non-hydrogen) atoms. The van der Waals surface area contributed by atoms with Crippen molar-refractivity contribution < 1.29 is 4.74 Å². The van der Waals surface area contributed by atoms with Crippen LogP contribution >= 0.6 is 0 Å². The van der Waals surface area contributed by atoms with Gasteiger partial charge in [0.25, 0.3) is 0 Å². The quantitative estimate of drug-likeness (QED) is 0.542. The third-order valence-electron chi connectivity index (χ3n) is 4.13. The second-order valence-electron chi connectivity index (χ2n) is 6.43. The number of rotatable bonds is 8. The van der Waals surface area contributed by atoms with Gasteiger partial charge >= 0.3 is 0 Å². The van der Waals surface area contributed by atoms with Gasteiger partial charge in [0, 0.05) is 13.1 Å². The molecule has 0 aromatic heterocycles. The van der Waals surface area contributed by atoms with Gasteiger partial charge in [0.1, 0.15) is 12.4 Å². The topological polar surface area (TPSA) is 12.5 Å². The lowest BCUT2D eigenvalue weighted by atomic mass is 10.2. The van der Waals surface area contributed by atoms with Crippen LogP contribution in [0.5, 0.6) is 5.75 Å². The van der Waals surface area contributed by atoms with E-state index in [9.17, 15) is 0 Å². The largest absolute Gasteiger partial charge is 0.489 e. The molecule has 0 spiro atoms. The van der Waals surface area contributed by atoms with E-state index in [0.29, 0.717) is 6.61 Å². The summed E-state index contributed by atoms with van der Waals surface area (Å²) in [5.41, 5.74) is 3.67. The fourth-order valence-electron chi connectivity index (χ4n) is 2.78. The molecular weight excluding hydrogens is 318 g/mol. The van der Waals surface area contributed by atoms with Crippen LogP contribution in [0, 0.1) is 0 Å². The Hall–Kier alpha value is -2.84. The Morgan fingerprint density at radius 2 is 1.50 bits per heavy atom. The summed E-state index contributed by atoms with van der Waals surface area (Å²) in [7, 11) is 2.13. The Labute approximate surface area is 156 Å². The molecule has 3 rings (SSSR count).